The standard InChI is InChI=1S/C19H25N3O4/c1-11-5-6-15-14(7-11)17(18(20-15)19(24)25-4)21-16(23)10-22-8-12(2)26-13(3)9-22/h5-7,12-13,20H,8-10H2,1-4H3,(H,21,23)/p+1/t12-,13+. The number of benzene rings is 1. The Morgan fingerprint density at radius 3 is 2.65 bits per heavy atom. The quantitative estimate of drug-likeness (QED) is 0.707. The van der Waals surface area contributed by atoms with E-state index < -0.39 is 5.97 Å². The van der Waals surface area contributed by atoms with Gasteiger partial charge in [0.2, 0.25) is 0 Å². The lowest BCUT2D eigenvalue weighted by molar-refractivity contribution is -0.907. The van der Waals surface area contributed by atoms with E-state index in [1.54, 1.807) is 0 Å². The van der Waals surface area contributed by atoms with Crippen molar-refractivity contribution in [1.82, 2.24) is 4.98 Å². The van der Waals surface area contributed by atoms with Crippen molar-refractivity contribution in [2.24, 2.45) is 0 Å². The highest BCUT2D eigenvalue weighted by Gasteiger charge is 2.28. The third kappa shape index (κ3) is 3.89. The van der Waals surface area contributed by atoms with E-state index in [9.17, 15) is 9.59 Å². The summed E-state index contributed by atoms with van der Waals surface area (Å²) in [4.78, 5) is 29.0. The fraction of sp³-hybridized carbons (Fsp3) is 0.474. The number of rotatable bonds is 4. The fourth-order valence-corrected chi connectivity index (χ4v) is 3.63. The Kier molecular flexibility index (Phi) is 5.29. The Balaban J connectivity index is 1.83. The van der Waals surface area contributed by atoms with E-state index in [-0.39, 0.29) is 23.8 Å². The molecule has 1 amide bonds. The van der Waals surface area contributed by atoms with Gasteiger partial charge in [0.1, 0.15) is 31.0 Å². The van der Waals surface area contributed by atoms with E-state index in [1.165, 1.54) is 12.0 Å². The van der Waals surface area contributed by atoms with Gasteiger partial charge in [0.25, 0.3) is 5.91 Å². The molecule has 2 aromatic rings. The van der Waals surface area contributed by atoms with Crippen LogP contribution in [-0.2, 0) is 14.3 Å². The molecule has 26 heavy (non-hydrogen) atoms. The van der Waals surface area contributed by atoms with Gasteiger partial charge in [0, 0.05) is 10.9 Å². The lowest BCUT2D eigenvalue weighted by Gasteiger charge is -2.31. The van der Waals surface area contributed by atoms with Crippen molar-refractivity contribution in [2.45, 2.75) is 33.0 Å². The van der Waals surface area contributed by atoms with E-state index in [4.69, 9.17) is 9.47 Å². The second kappa shape index (κ2) is 7.47. The van der Waals surface area contributed by atoms with Gasteiger partial charge in [-0.2, -0.15) is 0 Å². The molecule has 2 heterocycles. The normalized spacial score (nSPS) is 23.0. The van der Waals surface area contributed by atoms with Crippen LogP contribution in [-0.4, -0.2) is 55.8 Å². The molecular weight excluding hydrogens is 334 g/mol. The number of hydrogen-bond donors (Lipinski definition) is 3. The number of quaternary nitrogens is 1. The topological polar surface area (TPSA) is 84.9 Å². The zero-order valence-electron chi connectivity index (χ0n) is 15.6. The van der Waals surface area contributed by atoms with Crippen molar-refractivity contribution in [3.05, 3.63) is 29.5 Å². The summed E-state index contributed by atoms with van der Waals surface area (Å²) in [6, 6.07) is 5.79. The zero-order valence-corrected chi connectivity index (χ0v) is 15.6. The Labute approximate surface area is 152 Å². The van der Waals surface area contributed by atoms with E-state index in [2.05, 4.69) is 10.3 Å². The maximum absolute atomic E-state index is 12.6. The zero-order chi connectivity index (χ0) is 18.8. The molecule has 3 atom stereocenters. The molecule has 1 aliphatic rings. The van der Waals surface area contributed by atoms with Crippen LogP contribution in [0.25, 0.3) is 10.9 Å². The number of aromatic nitrogens is 1. The van der Waals surface area contributed by atoms with Crippen LogP contribution < -0.4 is 10.2 Å². The Bertz CT molecular complexity index is 820. The van der Waals surface area contributed by atoms with Crippen LogP contribution in [0, 0.1) is 6.92 Å². The van der Waals surface area contributed by atoms with Crippen molar-refractivity contribution >= 4 is 28.5 Å². The van der Waals surface area contributed by atoms with Gasteiger partial charge in [-0.05, 0) is 32.9 Å². The summed E-state index contributed by atoms with van der Waals surface area (Å²) < 4.78 is 10.6. The van der Waals surface area contributed by atoms with Gasteiger partial charge in [-0.3, -0.25) is 4.79 Å². The minimum absolute atomic E-state index is 0.128. The summed E-state index contributed by atoms with van der Waals surface area (Å²) in [6.07, 6.45) is 0.255. The van der Waals surface area contributed by atoms with Gasteiger partial charge in [-0.25, -0.2) is 4.79 Å². The van der Waals surface area contributed by atoms with Gasteiger partial charge < -0.3 is 24.7 Å². The minimum Gasteiger partial charge on any atom is -0.464 e. The van der Waals surface area contributed by atoms with Crippen LogP contribution in [0.1, 0.15) is 29.9 Å². The maximum Gasteiger partial charge on any atom is 0.356 e. The molecule has 3 rings (SSSR count). The number of morpholine rings is 1. The number of methoxy groups -OCH3 is 1. The molecule has 1 aromatic carbocycles. The number of nitrogens with one attached hydrogen (secondary N) is 3. The van der Waals surface area contributed by atoms with Crippen molar-refractivity contribution in [3.63, 3.8) is 0 Å². The van der Waals surface area contributed by atoms with Crippen molar-refractivity contribution in [2.75, 3.05) is 32.1 Å². The molecule has 0 radical (unpaired) electrons. The lowest BCUT2D eigenvalue weighted by atomic mass is 10.1. The molecule has 7 nitrogen and oxygen atoms in total. The summed E-state index contributed by atoms with van der Waals surface area (Å²) in [5.74, 6) is -0.635. The second-order valence-electron chi connectivity index (χ2n) is 7.06. The molecular formula is C19H26N3O4+. The second-order valence-corrected chi connectivity index (χ2v) is 7.06. The van der Waals surface area contributed by atoms with Crippen LogP contribution in [0.5, 0.6) is 0 Å². The molecule has 1 aliphatic heterocycles. The number of hydrogen-bond acceptors (Lipinski definition) is 4. The number of aryl methyl sites for hydroxylation is 1. The number of amides is 1. The number of ether oxygens (including phenoxy) is 2. The smallest absolute Gasteiger partial charge is 0.356 e. The molecule has 3 N–H and O–H groups in total. The molecule has 1 saturated heterocycles. The average molecular weight is 360 g/mol. The molecule has 0 aliphatic carbocycles. The molecule has 1 fully saturated rings. The largest absolute Gasteiger partial charge is 0.464 e. The molecule has 140 valence electrons. The highest BCUT2D eigenvalue weighted by Crippen LogP contribution is 2.29. The first-order valence-electron chi connectivity index (χ1n) is 8.87. The molecule has 1 unspecified atom stereocenters. The van der Waals surface area contributed by atoms with E-state index >= 15 is 0 Å². The van der Waals surface area contributed by atoms with E-state index in [1.807, 2.05) is 39.0 Å². The summed E-state index contributed by atoms with van der Waals surface area (Å²) in [5.41, 5.74) is 2.58. The minimum atomic E-state index is -0.505. The third-order valence-corrected chi connectivity index (χ3v) is 4.64. The summed E-state index contributed by atoms with van der Waals surface area (Å²) in [6.45, 7) is 7.91. The summed E-state index contributed by atoms with van der Waals surface area (Å²) in [7, 11) is 1.32. The first-order valence-corrected chi connectivity index (χ1v) is 8.87. The molecule has 0 saturated carbocycles. The fourth-order valence-electron chi connectivity index (χ4n) is 3.63. The van der Waals surface area contributed by atoms with E-state index in [0.29, 0.717) is 12.2 Å². The number of H-pyrrole nitrogens is 1. The Morgan fingerprint density at radius 1 is 1.31 bits per heavy atom. The Hall–Kier alpha value is -2.38. The van der Waals surface area contributed by atoms with Crippen LogP contribution in [0.4, 0.5) is 5.69 Å². The number of carbonyl (C=O) groups is 2. The van der Waals surface area contributed by atoms with Gasteiger partial charge in [-0.15, -0.1) is 0 Å². The van der Waals surface area contributed by atoms with Gasteiger partial charge in [0.05, 0.1) is 12.8 Å². The number of aromatic amines is 1. The number of anilines is 1. The molecule has 7 heteroatoms. The van der Waals surface area contributed by atoms with Crippen molar-refractivity contribution < 1.29 is 24.0 Å². The van der Waals surface area contributed by atoms with Crippen LogP contribution in [0.2, 0.25) is 0 Å². The SMILES string of the molecule is COC(=O)c1[nH]c2ccc(C)cc2c1NC(=O)C[NH+]1C[C@@H](C)O[C@@H](C)C1. The molecule has 1 aromatic heterocycles. The first-order chi connectivity index (χ1) is 12.4. The first kappa shape index (κ1) is 18.4. The Morgan fingerprint density at radius 2 is 2.00 bits per heavy atom. The van der Waals surface area contributed by atoms with Gasteiger partial charge >= 0.3 is 5.97 Å². The maximum atomic E-state index is 12.6. The van der Waals surface area contributed by atoms with Gasteiger partial charge in [-0.1, -0.05) is 11.6 Å². The van der Waals surface area contributed by atoms with Crippen molar-refractivity contribution in [1.29, 1.82) is 0 Å². The van der Waals surface area contributed by atoms with Crippen LogP contribution in [0.15, 0.2) is 18.2 Å². The average Bonchev–Trinajstić information content (AvgIpc) is 2.91. The predicted octanol–water partition coefficient (Wildman–Crippen LogP) is 0.894. The predicted molar refractivity (Wildman–Crippen MR) is 98.6 cm³/mol. The number of fused-ring (bicyclic) bond motifs is 1. The highest BCUT2D eigenvalue weighted by molar-refractivity contribution is 6.11. The molecule has 0 spiro atoms. The molecule has 0 bridgehead atoms. The highest BCUT2D eigenvalue weighted by atomic mass is 16.5. The summed E-state index contributed by atoms with van der Waals surface area (Å²) in [5, 5.41) is 3.72. The number of esters is 1. The lowest BCUT2D eigenvalue weighted by Crippen LogP contribution is -3.16. The monoisotopic (exact) mass is 360 g/mol. The van der Waals surface area contributed by atoms with Crippen LogP contribution in [0.3, 0.4) is 0 Å². The third-order valence-electron chi connectivity index (χ3n) is 4.64. The van der Waals surface area contributed by atoms with E-state index in [0.717, 1.165) is 29.6 Å². The van der Waals surface area contributed by atoms with Crippen LogP contribution >= 0.6 is 0 Å². The summed E-state index contributed by atoms with van der Waals surface area (Å²) >= 11 is 0. The van der Waals surface area contributed by atoms with Gasteiger partial charge in [0.15, 0.2) is 6.54 Å². The number of carbonyl (C=O) groups excluding carboxylic acids is 2. The van der Waals surface area contributed by atoms with Crippen molar-refractivity contribution in [3.8, 4) is 0 Å².